The smallest absolute Gasteiger partial charge is 0.187 e. The first-order valence-corrected chi connectivity index (χ1v) is 23.7. The molecule has 2 fully saturated rings. The zero-order valence-corrected chi connectivity index (χ0v) is 38.7. The van der Waals surface area contributed by atoms with Gasteiger partial charge in [0.15, 0.2) is 12.6 Å². The molecular formula is C57H64O11. The topological polar surface area (TPSA) is 113 Å². The van der Waals surface area contributed by atoms with Gasteiger partial charge >= 0.3 is 0 Å². The number of benzene rings is 6. The van der Waals surface area contributed by atoms with Gasteiger partial charge in [-0.2, -0.15) is 0 Å². The summed E-state index contributed by atoms with van der Waals surface area (Å²) in [5, 5.41) is 12.5. The van der Waals surface area contributed by atoms with Crippen LogP contribution in [0.15, 0.2) is 182 Å². The third-order valence-electron chi connectivity index (χ3n) is 11.9. The van der Waals surface area contributed by atoms with E-state index in [0.29, 0.717) is 19.8 Å². The first kappa shape index (κ1) is 49.3. The van der Waals surface area contributed by atoms with Gasteiger partial charge in [0, 0.05) is 6.61 Å². The Morgan fingerprint density at radius 2 is 0.706 bits per heavy atom. The lowest BCUT2D eigenvalue weighted by atomic mass is 9.96. The lowest BCUT2D eigenvalue weighted by molar-refractivity contribution is -0.375. The first-order valence-electron chi connectivity index (χ1n) is 23.7. The van der Waals surface area contributed by atoms with Crippen LogP contribution in [0.1, 0.15) is 46.7 Å². The van der Waals surface area contributed by atoms with E-state index in [9.17, 15) is 5.11 Å². The van der Waals surface area contributed by atoms with Gasteiger partial charge in [-0.05, 0) is 39.8 Å². The number of rotatable bonds is 25. The molecule has 11 heteroatoms. The molecule has 0 saturated carbocycles. The minimum atomic E-state index is -1.25. The van der Waals surface area contributed by atoms with Gasteiger partial charge in [0.1, 0.15) is 48.8 Å². The van der Waals surface area contributed by atoms with Gasteiger partial charge in [0.25, 0.3) is 0 Å². The van der Waals surface area contributed by atoms with Crippen molar-refractivity contribution >= 4 is 0 Å². The van der Waals surface area contributed by atoms with Crippen LogP contribution < -0.4 is 0 Å². The summed E-state index contributed by atoms with van der Waals surface area (Å²) in [5.74, 6) is 0. The normalized spacial score (nSPS) is 25.0. The largest absolute Gasteiger partial charge is 0.387 e. The summed E-state index contributed by atoms with van der Waals surface area (Å²) in [6, 6.07) is 59.7. The Hall–Kier alpha value is -5.12. The van der Waals surface area contributed by atoms with Gasteiger partial charge < -0.3 is 52.5 Å². The molecule has 0 bridgehead atoms. The lowest BCUT2D eigenvalue weighted by Crippen LogP contribution is -2.66. The van der Waals surface area contributed by atoms with Crippen molar-refractivity contribution in [3.05, 3.63) is 215 Å². The molecule has 68 heavy (non-hydrogen) atoms. The molecule has 2 aliphatic rings. The van der Waals surface area contributed by atoms with Crippen molar-refractivity contribution in [2.45, 2.75) is 114 Å². The number of hydrogen-bond donors (Lipinski definition) is 1. The SMILES string of the molecule is CCCO[C@@H]1O[C@H](COCc2ccccc2)[C@H](O)[C@H](O[C@H]2O[C@H](COCc3ccccc3)[C@H](OCc3ccccc3)[C@H](OCc3ccccc3)[C@H]2OCc2ccccc2)[C@H]1OCc1ccccc1. The molecular weight excluding hydrogens is 861 g/mol. The zero-order valence-electron chi connectivity index (χ0n) is 38.7. The maximum absolute atomic E-state index is 12.5. The van der Waals surface area contributed by atoms with Crippen LogP contribution in [0.2, 0.25) is 0 Å². The van der Waals surface area contributed by atoms with Crippen molar-refractivity contribution in [3.63, 3.8) is 0 Å². The zero-order chi connectivity index (χ0) is 46.6. The van der Waals surface area contributed by atoms with E-state index < -0.39 is 61.4 Å². The molecule has 10 atom stereocenters. The van der Waals surface area contributed by atoms with Crippen LogP contribution in [0.3, 0.4) is 0 Å². The molecule has 6 aromatic rings. The Balaban J connectivity index is 1.15. The maximum Gasteiger partial charge on any atom is 0.187 e. The van der Waals surface area contributed by atoms with Crippen molar-refractivity contribution in [3.8, 4) is 0 Å². The van der Waals surface area contributed by atoms with Crippen molar-refractivity contribution in [1.29, 1.82) is 0 Å². The van der Waals surface area contributed by atoms with E-state index >= 15 is 0 Å². The molecule has 2 saturated heterocycles. The second kappa shape index (κ2) is 26.6. The van der Waals surface area contributed by atoms with Crippen LogP contribution in [0.4, 0.5) is 0 Å². The van der Waals surface area contributed by atoms with E-state index in [1.807, 2.05) is 189 Å². The van der Waals surface area contributed by atoms with Crippen LogP contribution in [0.25, 0.3) is 0 Å². The summed E-state index contributed by atoms with van der Waals surface area (Å²) in [5.41, 5.74) is 5.85. The maximum atomic E-state index is 12.5. The molecule has 358 valence electrons. The molecule has 8 rings (SSSR count). The molecule has 0 aromatic heterocycles. The Labute approximate surface area is 400 Å². The van der Waals surface area contributed by atoms with Gasteiger partial charge in [0.05, 0.1) is 52.9 Å². The molecule has 11 nitrogen and oxygen atoms in total. The van der Waals surface area contributed by atoms with Gasteiger partial charge in [-0.3, -0.25) is 0 Å². The molecule has 6 aromatic carbocycles. The predicted molar refractivity (Wildman–Crippen MR) is 257 cm³/mol. The minimum absolute atomic E-state index is 0.0565. The fraction of sp³-hybridized carbons (Fsp3) is 0.368. The number of aliphatic hydroxyl groups excluding tert-OH is 1. The van der Waals surface area contributed by atoms with Crippen LogP contribution in [-0.2, 0) is 87.0 Å². The molecule has 0 radical (unpaired) electrons. The van der Waals surface area contributed by atoms with Gasteiger partial charge in [-0.1, -0.05) is 189 Å². The third kappa shape index (κ3) is 14.5. The fourth-order valence-corrected chi connectivity index (χ4v) is 8.37. The Kier molecular flexibility index (Phi) is 19.3. The lowest BCUT2D eigenvalue weighted by Gasteiger charge is -2.49. The second-order valence-electron chi connectivity index (χ2n) is 17.1. The number of hydrogen-bond acceptors (Lipinski definition) is 11. The fourth-order valence-electron chi connectivity index (χ4n) is 8.37. The van der Waals surface area contributed by atoms with E-state index in [4.69, 9.17) is 47.4 Å². The highest BCUT2D eigenvalue weighted by Gasteiger charge is 2.54. The average Bonchev–Trinajstić information content (AvgIpc) is 3.39. The van der Waals surface area contributed by atoms with E-state index in [1.165, 1.54) is 0 Å². The average molecular weight is 925 g/mol. The Bertz CT molecular complexity index is 2260. The standard InChI is InChI=1S/C57H64O11/c1-2-33-61-56-54(64-38-46-29-17-7-18-30-46)52(50(58)48(66-56)40-59-34-42-21-9-3-10-22-42)68-57-55(65-39-47-31-19-8-20-32-47)53(63-37-45-27-15-6-16-28-45)51(62-36-44-25-13-5-14-26-44)49(67-57)41-60-35-43-23-11-4-12-24-43/h3-32,48-58H,2,33-41H2,1H3/t48-,49-,50+,51+,52+,53+,54-,55-,56-,57-/m1/s1. The highest BCUT2D eigenvalue weighted by atomic mass is 16.8. The van der Waals surface area contributed by atoms with Gasteiger partial charge in [0.2, 0.25) is 0 Å². The van der Waals surface area contributed by atoms with Crippen LogP contribution in [-0.4, -0.2) is 86.3 Å². The van der Waals surface area contributed by atoms with Crippen LogP contribution in [0.5, 0.6) is 0 Å². The van der Waals surface area contributed by atoms with Gasteiger partial charge in [-0.15, -0.1) is 0 Å². The van der Waals surface area contributed by atoms with E-state index in [2.05, 4.69) is 0 Å². The van der Waals surface area contributed by atoms with Crippen molar-refractivity contribution < 1.29 is 52.5 Å². The minimum Gasteiger partial charge on any atom is -0.387 e. The summed E-state index contributed by atoms with van der Waals surface area (Å²) in [7, 11) is 0. The molecule has 0 unspecified atom stereocenters. The molecule has 2 aliphatic heterocycles. The van der Waals surface area contributed by atoms with E-state index in [1.54, 1.807) is 0 Å². The summed E-state index contributed by atoms with van der Waals surface area (Å²) < 4.78 is 67.5. The summed E-state index contributed by atoms with van der Waals surface area (Å²) in [6.45, 7) is 4.22. The van der Waals surface area contributed by atoms with Crippen LogP contribution in [0, 0.1) is 0 Å². The summed E-state index contributed by atoms with van der Waals surface area (Å²) >= 11 is 0. The molecule has 0 spiro atoms. The highest BCUT2D eigenvalue weighted by Crippen LogP contribution is 2.36. The predicted octanol–water partition coefficient (Wildman–Crippen LogP) is 9.38. The van der Waals surface area contributed by atoms with Gasteiger partial charge in [-0.25, -0.2) is 0 Å². The quantitative estimate of drug-likeness (QED) is 0.0593. The van der Waals surface area contributed by atoms with E-state index in [0.717, 1.165) is 39.8 Å². The molecule has 0 aliphatic carbocycles. The highest BCUT2D eigenvalue weighted by molar-refractivity contribution is 5.18. The van der Waals surface area contributed by atoms with Crippen molar-refractivity contribution in [1.82, 2.24) is 0 Å². The summed E-state index contributed by atoms with van der Waals surface area (Å²) in [4.78, 5) is 0. The molecule has 2 heterocycles. The van der Waals surface area contributed by atoms with Crippen LogP contribution >= 0.6 is 0 Å². The first-order chi connectivity index (χ1) is 33.6. The van der Waals surface area contributed by atoms with Crippen molar-refractivity contribution in [2.24, 2.45) is 0 Å². The number of aliphatic hydroxyl groups is 1. The second-order valence-corrected chi connectivity index (χ2v) is 17.1. The third-order valence-corrected chi connectivity index (χ3v) is 11.9. The number of ether oxygens (including phenoxy) is 10. The molecule has 0 amide bonds. The molecule has 1 N–H and O–H groups in total. The Morgan fingerprint density at radius 3 is 1.12 bits per heavy atom. The van der Waals surface area contributed by atoms with E-state index in [-0.39, 0.29) is 39.6 Å². The summed E-state index contributed by atoms with van der Waals surface area (Å²) in [6.07, 6.45) is -8.49. The van der Waals surface area contributed by atoms with Crippen molar-refractivity contribution in [2.75, 3.05) is 19.8 Å². The monoisotopic (exact) mass is 924 g/mol. The Morgan fingerprint density at radius 1 is 0.368 bits per heavy atom.